The van der Waals surface area contributed by atoms with Crippen LogP contribution in [0, 0.1) is 0 Å². The van der Waals surface area contributed by atoms with Crippen LogP contribution in [-0.4, -0.2) is 10.8 Å². The largest absolute Gasteiger partial charge is 0.295 e. The van der Waals surface area contributed by atoms with E-state index < -0.39 is 0 Å². The Morgan fingerprint density at radius 3 is 3.10 bits per heavy atom. The van der Waals surface area contributed by atoms with Crippen molar-refractivity contribution in [2.24, 2.45) is 0 Å². The van der Waals surface area contributed by atoms with Crippen LogP contribution in [0.5, 0.6) is 0 Å². The van der Waals surface area contributed by atoms with E-state index >= 15 is 0 Å². The lowest BCUT2D eigenvalue weighted by Gasteiger charge is -1.78. The molecule has 0 saturated heterocycles. The number of aromatic nitrogens is 1. The molecule has 0 N–H and O–H groups in total. The smallest absolute Gasteiger partial charge is 0.152 e. The molecule has 0 unspecified atom stereocenters. The van der Waals surface area contributed by atoms with E-state index in [9.17, 15) is 4.79 Å². The van der Waals surface area contributed by atoms with Gasteiger partial charge in [-0.15, -0.1) is 11.3 Å². The summed E-state index contributed by atoms with van der Waals surface area (Å²) in [5.74, 6) is 0.0511. The minimum atomic E-state index is 0.0511. The molecule has 52 valence electrons. The third-order valence-corrected chi connectivity index (χ3v) is 1.65. The predicted octanol–water partition coefficient (Wildman–Crippen LogP) is 1.75. The summed E-state index contributed by atoms with van der Waals surface area (Å²) in [6, 6.07) is 0. The molecule has 1 aromatic rings. The van der Waals surface area contributed by atoms with E-state index in [4.69, 9.17) is 0 Å². The summed E-state index contributed by atoms with van der Waals surface area (Å²) in [6.07, 6.45) is 4.94. The van der Waals surface area contributed by atoms with Crippen LogP contribution in [0.3, 0.4) is 0 Å². The molecule has 0 saturated carbocycles. The average Bonchev–Trinajstić information content (AvgIpc) is 2.34. The lowest BCUT2D eigenvalue weighted by Crippen LogP contribution is -1.78. The second-order valence-corrected chi connectivity index (χ2v) is 2.74. The molecular formula is C7H7NOS. The molecule has 3 heteroatoms. The average molecular weight is 153 g/mol. The van der Waals surface area contributed by atoms with Crippen LogP contribution < -0.4 is 0 Å². The van der Waals surface area contributed by atoms with Crippen molar-refractivity contribution in [1.29, 1.82) is 0 Å². The fourth-order valence-electron chi connectivity index (χ4n) is 0.505. The van der Waals surface area contributed by atoms with Crippen molar-refractivity contribution in [2.45, 2.75) is 6.92 Å². The van der Waals surface area contributed by atoms with E-state index in [1.165, 1.54) is 24.3 Å². The van der Waals surface area contributed by atoms with E-state index in [0.717, 1.165) is 5.01 Å². The lowest BCUT2D eigenvalue weighted by atomic mass is 10.4. The zero-order valence-electron chi connectivity index (χ0n) is 5.57. The fourth-order valence-corrected chi connectivity index (χ4v) is 1.03. The van der Waals surface area contributed by atoms with Crippen LogP contribution in [0.15, 0.2) is 17.7 Å². The van der Waals surface area contributed by atoms with E-state index in [0.29, 0.717) is 0 Å². The first-order chi connectivity index (χ1) is 4.79. The van der Waals surface area contributed by atoms with Gasteiger partial charge in [-0.25, -0.2) is 4.98 Å². The van der Waals surface area contributed by atoms with Crippen LogP contribution in [0.2, 0.25) is 0 Å². The van der Waals surface area contributed by atoms with Crippen molar-refractivity contribution in [3.63, 3.8) is 0 Å². The summed E-state index contributed by atoms with van der Waals surface area (Å²) >= 11 is 1.51. The molecule has 0 spiro atoms. The molecule has 0 fully saturated rings. The fraction of sp³-hybridized carbons (Fsp3) is 0.143. The second kappa shape index (κ2) is 3.27. The van der Waals surface area contributed by atoms with Gasteiger partial charge in [-0.2, -0.15) is 0 Å². The maximum atomic E-state index is 10.4. The quantitative estimate of drug-likeness (QED) is 0.606. The number of hydrogen-bond donors (Lipinski definition) is 0. The highest BCUT2D eigenvalue weighted by atomic mass is 32.1. The van der Waals surface area contributed by atoms with E-state index in [2.05, 4.69) is 4.98 Å². The van der Waals surface area contributed by atoms with Crippen molar-refractivity contribution in [3.05, 3.63) is 22.7 Å². The molecule has 0 amide bonds. The molecule has 0 bridgehead atoms. The number of nitrogens with zero attached hydrogens (tertiary/aromatic N) is 1. The zero-order valence-corrected chi connectivity index (χ0v) is 6.39. The zero-order chi connectivity index (χ0) is 7.40. The molecular weight excluding hydrogens is 146 g/mol. The summed E-state index contributed by atoms with van der Waals surface area (Å²) in [7, 11) is 0. The molecule has 0 aliphatic heterocycles. The van der Waals surface area contributed by atoms with Crippen LogP contribution in [0.25, 0.3) is 6.08 Å². The van der Waals surface area contributed by atoms with Gasteiger partial charge >= 0.3 is 0 Å². The number of carbonyl (C=O) groups excluding carboxylic acids is 1. The molecule has 0 aliphatic carbocycles. The lowest BCUT2D eigenvalue weighted by molar-refractivity contribution is -0.112. The molecule has 0 aromatic carbocycles. The molecule has 0 aliphatic rings. The Kier molecular flexibility index (Phi) is 2.34. The van der Waals surface area contributed by atoms with Crippen LogP contribution >= 0.6 is 11.3 Å². The molecule has 0 atom stereocenters. The van der Waals surface area contributed by atoms with Gasteiger partial charge < -0.3 is 0 Å². The van der Waals surface area contributed by atoms with Gasteiger partial charge in [0.05, 0.1) is 0 Å². The van der Waals surface area contributed by atoms with Crippen molar-refractivity contribution in [1.82, 2.24) is 4.98 Å². The number of rotatable bonds is 2. The number of ketones is 1. The summed E-state index contributed by atoms with van der Waals surface area (Å²) in [5.41, 5.74) is 0. The highest BCUT2D eigenvalue weighted by Gasteiger charge is 1.87. The SMILES string of the molecule is CC(=O)/C=C/c1nccs1. The monoisotopic (exact) mass is 153 g/mol. The number of allylic oxidation sites excluding steroid dienone is 1. The first kappa shape index (κ1) is 7.15. The Labute approximate surface area is 63.2 Å². The third-order valence-electron chi connectivity index (χ3n) is 0.912. The minimum Gasteiger partial charge on any atom is -0.295 e. The maximum Gasteiger partial charge on any atom is 0.152 e. The molecule has 1 aromatic heterocycles. The van der Waals surface area contributed by atoms with Crippen molar-refractivity contribution < 1.29 is 4.79 Å². The summed E-state index contributed by atoms with van der Waals surface area (Å²) in [5, 5.41) is 2.75. The third kappa shape index (κ3) is 2.11. The van der Waals surface area contributed by atoms with E-state index in [1.807, 2.05) is 5.38 Å². The van der Waals surface area contributed by atoms with Gasteiger partial charge in [-0.3, -0.25) is 4.79 Å². The van der Waals surface area contributed by atoms with E-state index in [1.54, 1.807) is 12.3 Å². The normalized spacial score (nSPS) is 10.5. The molecule has 10 heavy (non-hydrogen) atoms. The van der Waals surface area contributed by atoms with Gasteiger partial charge in [-0.1, -0.05) is 0 Å². The van der Waals surface area contributed by atoms with Crippen LogP contribution in [-0.2, 0) is 4.79 Å². The Morgan fingerprint density at radius 1 is 1.80 bits per heavy atom. The second-order valence-electron chi connectivity index (χ2n) is 1.81. The highest BCUT2D eigenvalue weighted by molar-refractivity contribution is 7.10. The minimum absolute atomic E-state index is 0.0511. The van der Waals surface area contributed by atoms with Gasteiger partial charge in [0.2, 0.25) is 0 Å². The van der Waals surface area contributed by atoms with Crippen molar-refractivity contribution in [2.75, 3.05) is 0 Å². The first-order valence-corrected chi connectivity index (χ1v) is 3.75. The molecule has 0 radical (unpaired) electrons. The van der Waals surface area contributed by atoms with Gasteiger partial charge in [0, 0.05) is 11.6 Å². The highest BCUT2D eigenvalue weighted by Crippen LogP contribution is 2.05. The topological polar surface area (TPSA) is 30.0 Å². The molecule has 2 nitrogen and oxygen atoms in total. The number of thiazole rings is 1. The Hall–Kier alpha value is -0.960. The van der Waals surface area contributed by atoms with Crippen molar-refractivity contribution in [3.8, 4) is 0 Å². The van der Waals surface area contributed by atoms with Gasteiger partial charge in [0.1, 0.15) is 5.01 Å². The number of carbonyl (C=O) groups is 1. The van der Waals surface area contributed by atoms with Crippen LogP contribution in [0.4, 0.5) is 0 Å². The number of hydrogen-bond acceptors (Lipinski definition) is 3. The Bertz CT molecular complexity index is 238. The van der Waals surface area contributed by atoms with Crippen LogP contribution in [0.1, 0.15) is 11.9 Å². The maximum absolute atomic E-state index is 10.4. The molecule has 1 rings (SSSR count). The summed E-state index contributed by atoms with van der Waals surface area (Å²) in [6.45, 7) is 1.52. The van der Waals surface area contributed by atoms with Crippen molar-refractivity contribution >= 4 is 23.2 Å². The predicted molar refractivity (Wildman–Crippen MR) is 41.8 cm³/mol. The summed E-state index contributed by atoms with van der Waals surface area (Å²) < 4.78 is 0. The van der Waals surface area contributed by atoms with Gasteiger partial charge in [-0.05, 0) is 19.1 Å². The van der Waals surface area contributed by atoms with Gasteiger partial charge in [0.25, 0.3) is 0 Å². The van der Waals surface area contributed by atoms with Gasteiger partial charge in [0.15, 0.2) is 5.78 Å². The Morgan fingerprint density at radius 2 is 2.60 bits per heavy atom. The standard InChI is InChI=1S/C7H7NOS/c1-6(9)2-3-7-8-4-5-10-7/h2-5H,1H3/b3-2+. The summed E-state index contributed by atoms with van der Waals surface area (Å²) in [4.78, 5) is 14.4. The molecule has 1 heterocycles. The first-order valence-electron chi connectivity index (χ1n) is 2.87. The Balaban J connectivity index is 2.64. The van der Waals surface area contributed by atoms with E-state index in [-0.39, 0.29) is 5.78 Å².